The number of hydrogen-bond acceptors (Lipinski definition) is 4. The van der Waals surface area contributed by atoms with Crippen LogP contribution in [0.25, 0.3) is 16.8 Å². The number of aliphatic hydroxyl groups is 1. The average Bonchev–Trinajstić information content (AvgIpc) is 3.19. The van der Waals surface area contributed by atoms with Crippen LogP contribution in [0, 0.1) is 0 Å². The summed E-state index contributed by atoms with van der Waals surface area (Å²) in [4.78, 5) is 2.45. The molecule has 0 saturated carbocycles. The van der Waals surface area contributed by atoms with Crippen LogP contribution in [0.1, 0.15) is 19.4 Å². The van der Waals surface area contributed by atoms with Crippen LogP contribution in [0.15, 0.2) is 60.9 Å². The fraction of sp³-hybridized carbons (Fsp3) is 0.318. The molecule has 1 N–H and O–H groups in total. The summed E-state index contributed by atoms with van der Waals surface area (Å²) in [5, 5.41) is 14.8. The molecule has 0 atom stereocenters. The van der Waals surface area contributed by atoms with Crippen molar-refractivity contribution in [2.24, 2.45) is 0 Å². The predicted molar refractivity (Wildman–Crippen MR) is 114 cm³/mol. The first-order valence-electron chi connectivity index (χ1n) is 9.32. The second-order valence-electron chi connectivity index (χ2n) is 7.43. The van der Waals surface area contributed by atoms with Crippen LogP contribution in [0.2, 0.25) is 0 Å². The summed E-state index contributed by atoms with van der Waals surface area (Å²) in [6.45, 7) is 5.84. The molecule has 0 amide bonds. The molecule has 0 bridgehead atoms. The number of aromatic nitrogens is 2. The molecule has 1 aliphatic heterocycles. The van der Waals surface area contributed by atoms with Crippen LogP contribution >= 0.6 is 11.8 Å². The van der Waals surface area contributed by atoms with Gasteiger partial charge >= 0.3 is 0 Å². The van der Waals surface area contributed by atoms with Gasteiger partial charge < -0.3 is 10.0 Å². The Bertz CT molecular complexity index is 906. The van der Waals surface area contributed by atoms with Gasteiger partial charge in [-0.3, -0.25) is 0 Å². The predicted octanol–water partition coefficient (Wildman–Crippen LogP) is 4.32. The van der Waals surface area contributed by atoms with E-state index in [1.165, 1.54) is 17.2 Å². The molecule has 1 saturated heterocycles. The molecule has 5 heteroatoms. The summed E-state index contributed by atoms with van der Waals surface area (Å²) in [5.41, 5.74) is 4.50. The molecule has 140 valence electrons. The van der Waals surface area contributed by atoms with Gasteiger partial charge in [-0.2, -0.15) is 16.9 Å². The van der Waals surface area contributed by atoms with Crippen LogP contribution < -0.4 is 4.90 Å². The quantitative estimate of drug-likeness (QED) is 0.733. The molecule has 0 radical (unpaired) electrons. The van der Waals surface area contributed by atoms with Crippen molar-refractivity contribution < 1.29 is 5.11 Å². The molecule has 0 spiro atoms. The summed E-state index contributed by atoms with van der Waals surface area (Å²) < 4.78 is 1.86. The van der Waals surface area contributed by atoms with Gasteiger partial charge in [-0.15, -0.1) is 0 Å². The molecule has 1 fully saturated rings. The van der Waals surface area contributed by atoms with Crippen LogP contribution in [0.5, 0.6) is 0 Å². The fourth-order valence-electron chi connectivity index (χ4n) is 3.33. The first kappa shape index (κ1) is 18.1. The Labute approximate surface area is 164 Å². The third-order valence-electron chi connectivity index (χ3n) is 4.98. The smallest absolute Gasteiger partial charge is 0.0841 e. The molecule has 2 aromatic carbocycles. The normalized spacial score (nSPS) is 15.1. The van der Waals surface area contributed by atoms with Crippen molar-refractivity contribution >= 4 is 17.4 Å². The SMILES string of the molecule is CC(C)(O)c1cccc(-n2cc(-c3ccc(N4CCSCC4)cc3)cn2)c1. The molecule has 4 nitrogen and oxygen atoms in total. The van der Waals surface area contributed by atoms with E-state index in [1.807, 2.05) is 53.1 Å². The second kappa shape index (κ2) is 7.41. The summed E-state index contributed by atoms with van der Waals surface area (Å²) in [5.74, 6) is 2.41. The van der Waals surface area contributed by atoms with Gasteiger partial charge in [0.1, 0.15) is 0 Å². The topological polar surface area (TPSA) is 41.3 Å². The number of hydrogen-bond donors (Lipinski definition) is 1. The van der Waals surface area contributed by atoms with Crippen molar-refractivity contribution in [3.8, 4) is 16.8 Å². The van der Waals surface area contributed by atoms with Crippen molar-refractivity contribution in [1.29, 1.82) is 0 Å². The van der Waals surface area contributed by atoms with E-state index in [0.717, 1.165) is 35.5 Å². The highest BCUT2D eigenvalue weighted by molar-refractivity contribution is 7.99. The largest absolute Gasteiger partial charge is 0.386 e. The van der Waals surface area contributed by atoms with Gasteiger partial charge in [0.2, 0.25) is 0 Å². The van der Waals surface area contributed by atoms with Crippen LogP contribution in [0.3, 0.4) is 0 Å². The minimum Gasteiger partial charge on any atom is -0.386 e. The number of rotatable bonds is 4. The highest BCUT2D eigenvalue weighted by Gasteiger charge is 2.16. The maximum absolute atomic E-state index is 10.2. The Morgan fingerprint density at radius 3 is 2.41 bits per heavy atom. The lowest BCUT2D eigenvalue weighted by Gasteiger charge is -2.28. The third-order valence-corrected chi connectivity index (χ3v) is 5.92. The zero-order valence-corrected chi connectivity index (χ0v) is 16.6. The number of nitrogens with zero attached hydrogens (tertiary/aromatic N) is 3. The molecule has 0 aliphatic carbocycles. The van der Waals surface area contributed by atoms with E-state index in [4.69, 9.17) is 0 Å². The van der Waals surface area contributed by atoms with Crippen molar-refractivity contribution in [2.45, 2.75) is 19.4 Å². The molecule has 2 heterocycles. The molecule has 1 aliphatic rings. The van der Waals surface area contributed by atoms with Crippen LogP contribution in [-0.4, -0.2) is 39.5 Å². The first-order chi connectivity index (χ1) is 13.0. The van der Waals surface area contributed by atoms with Gasteiger partial charge in [0.15, 0.2) is 0 Å². The molecular weight excluding hydrogens is 354 g/mol. The summed E-state index contributed by atoms with van der Waals surface area (Å²) in [6.07, 6.45) is 3.93. The van der Waals surface area contributed by atoms with Crippen LogP contribution in [-0.2, 0) is 5.60 Å². The van der Waals surface area contributed by atoms with Gasteiger partial charge in [-0.1, -0.05) is 24.3 Å². The Morgan fingerprint density at radius 2 is 1.70 bits per heavy atom. The first-order valence-corrected chi connectivity index (χ1v) is 10.5. The average molecular weight is 380 g/mol. The number of benzene rings is 2. The molecular formula is C22H25N3OS. The number of anilines is 1. The van der Waals surface area contributed by atoms with Crippen molar-refractivity contribution in [2.75, 3.05) is 29.5 Å². The minimum atomic E-state index is -0.866. The summed E-state index contributed by atoms with van der Waals surface area (Å²) in [7, 11) is 0. The van der Waals surface area contributed by atoms with Crippen molar-refractivity contribution in [3.63, 3.8) is 0 Å². The van der Waals surface area contributed by atoms with E-state index in [1.54, 1.807) is 13.8 Å². The zero-order valence-electron chi connectivity index (χ0n) is 15.8. The molecule has 0 unspecified atom stereocenters. The van der Waals surface area contributed by atoms with Gasteiger partial charge in [-0.05, 0) is 49.2 Å². The highest BCUT2D eigenvalue weighted by atomic mass is 32.2. The minimum absolute atomic E-state index is 0.866. The third kappa shape index (κ3) is 4.04. The Kier molecular flexibility index (Phi) is 4.98. The fourth-order valence-corrected chi connectivity index (χ4v) is 4.23. The van der Waals surface area contributed by atoms with Gasteiger partial charge in [0, 0.05) is 42.0 Å². The number of thioether (sulfide) groups is 1. The van der Waals surface area contributed by atoms with E-state index in [9.17, 15) is 5.11 Å². The van der Waals surface area contributed by atoms with E-state index < -0.39 is 5.60 Å². The van der Waals surface area contributed by atoms with E-state index in [0.29, 0.717) is 0 Å². The maximum Gasteiger partial charge on any atom is 0.0841 e. The Hall–Kier alpha value is -2.24. The lowest BCUT2D eigenvalue weighted by atomic mass is 9.98. The Balaban J connectivity index is 1.56. The summed E-state index contributed by atoms with van der Waals surface area (Å²) >= 11 is 2.03. The standard InChI is InChI=1S/C22H25N3OS/c1-22(2,26)19-4-3-5-21(14-19)25-16-18(15-23-25)17-6-8-20(9-7-17)24-10-12-27-13-11-24/h3-9,14-16,26H,10-13H2,1-2H3. The van der Waals surface area contributed by atoms with Crippen LogP contribution in [0.4, 0.5) is 5.69 Å². The maximum atomic E-state index is 10.2. The lowest BCUT2D eigenvalue weighted by Crippen LogP contribution is -2.32. The van der Waals surface area contributed by atoms with Gasteiger partial charge in [0.05, 0.1) is 17.5 Å². The molecule has 1 aromatic heterocycles. The monoisotopic (exact) mass is 379 g/mol. The lowest BCUT2D eigenvalue weighted by molar-refractivity contribution is 0.0786. The highest BCUT2D eigenvalue weighted by Crippen LogP contribution is 2.26. The van der Waals surface area contributed by atoms with E-state index in [-0.39, 0.29) is 0 Å². The summed E-state index contributed by atoms with van der Waals surface area (Å²) in [6, 6.07) is 16.6. The Morgan fingerprint density at radius 1 is 0.963 bits per heavy atom. The molecule has 27 heavy (non-hydrogen) atoms. The van der Waals surface area contributed by atoms with Crippen molar-refractivity contribution in [3.05, 3.63) is 66.5 Å². The van der Waals surface area contributed by atoms with Crippen molar-refractivity contribution in [1.82, 2.24) is 9.78 Å². The zero-order chi connectivity index (χ0) is 18.9. The van der Waals surface area contributed by atoms with Gasteiger partial charge in [-0.25, -0.2) is 4.68 Å². The molecule has 3 aromatic rings. The van der Waals surface area contributed by atoms with E-state index in [2.05, 4.69) is 34.3 Å². The second-order valence-corrected chi connectivity index (χ2v) is 8.65. The van der Waals surface area contributed by atoms with E-state index >= 15 is 0 Å². The molecule has 4 rings (SSSR count). The van der Waals surface area contributed by atoms with Gasteiger partial charge in [0.25, 0.3) is 0 Å².